The van der Waals surface area contributed by atoms with Gasteiger partial charge in [-0.05, 0) is 50.1 Å². The second-order valence-electron chi connectivity index (χ2n) is 9.16. The number of fused-ring (bicyclic) bond motifs is 1. The summed E-state index contributed by atoms with van der Waals surface area (Å²) >= 11 is 0. The Hall–Kier alpha value is -3.06. The van der Waals surface area contributed by atoms with Crippen molar-refractivity contribution in [2.45, 2.75) is 19.8 Å². The van der Waals surface area contributed by atoms with Gasteiger partial charge in [0.2, 0.25) is 5.95 Å². The molecule has 3 heterocycles. The maximum Gasteiger partial charge on any atom is 0.253 e. The number of amides is 1. The van der Waals surface area contributed by atoms with Crippen molar-refractivity contribution in [2.75, 3.05) is 50.9 Å². The molecule has 2 saturated heterocycles. The molecule has 2 aliphatic rings. The summed E-state index contributed by atoms with van der Waals surface area (Å²) in [5, 5.41) is 0. The molecule has 3 aromatic rings. The number of carbonyl (C=O) groups is 1. The molecule has 2 fully saturated rings. The smallest absolute Gasteiger partial charge is 0.253 e. The van der Waals surface area contributed by atoms with E-state index in [9.17, 15) is 4.79 Å². The number of benzene rings is 2. The Balaban J connectivity index is 1.26. The van der Waals surface area contributed by atoms with E-state index in [1.807, 2.05) is 42.3 Å². The molecule has 2 aliphatic heterocycles. The highest BCUT2D eigenvalue weighted by atomic mass is 16.5. The van der Waals surface area contributed by atoms with E-state index in [1.54, 1.807) is 0 Å². The maximum atomic E-state index is 13.3. The lowest BCUT2D eigenvalue weighted by atomic mass is 9.98. The number of hydrogen-bond donors (Lipinski definition) is 0. The monoisotopic (exact) mass is 448 g/mol. The third-order valence-corrected chi connectivity index (χ3v) is 6.71. The minimum absolute atomic E-state index is 0.0792. The molecule has 1 atom stereocenters. The molecular weight excluding hydrogens is 416 g/mol. The van der Waals surface area contributed by atoms with Crippen LogP contribution in [0.25, 0.3) is 11.0 Å². The summed E-state index contributed by atoms with van der Waals surface area (Å²) < 4.78 is 13.6. The van der Waals surface area contributed by atoms with Gasteiger partial charge in [0.1, 0.15) is 5.75 Å². The first-order chi connectivity index (χ1) is 16.1. The number of nitrogens with zero attached hydrogens (tertiary/aromatic N) is 4. The fraction of sp³-hybridized carbons (Fsp3) is 0.462. The number of rotatable bonds is 5. The summed E-state index contributed by atoms with van der Waals surface area (Å²) in [6.07, 6.45) is 2.08. The summed E-state index contributed by atoms with van der Waals surface area (Å²) in [6, 6.07) is 14.0. The van der Waals surface area contributed by atoms with E-state index in [0.29, 0.717) is 18.1 Å². The van der Waals surface area contributed by atoms with Gasteiger partial charge in [-0.25, -0.2) is 4.98 Å². The summed E-state index contributed by atoms with van der Waals surface area (Å²) in [7, 11) is 2.03. The van der Waals surface area contributed by atoms with Gasteiger partial charge in [-0.3, -0.25) is 4.79 Å². The highest BCUT2D eigenvalue weighted by molar-refractivity contribution is 5.97. The van der Waals surface area contributed by atoms with Crippen molar-refractivity contribution in [1.29, 1.82) is 0 Å². The van der Waals surface area contributed by atoms with Crippen LogP contribution in [-0.4, -0.2) is 66.4 Å². The zero-order valence-corrected chi connectivity index (χ0v) is 19.5. The van der Waals surface area contributed by atoms with Crippen LogP contribution in [0.5, 0.6) is 5.75 Å². The maximum absolute atomic E-state index is 13.3. The van der Waals surface area contributed by atoms with Crippen molar-refractivity contribution in [2.24, 2.45) is 13.0 Å². The molecule has 0 radical (unpaired) electrons. The van der Waals surface area contributed by atoms with Crippen LogP contribution >= 0.6 is 0 Å². The average Bonchev–Trinajstić information content (AvgIpc) is 3.19. The van der Waals surface area contributed by atoms with E-state index >= 15 is 0 Å². The molecule has 2 aromatic carbocycles. The molecule has 174 valence electrons. The Morgan fingerprint density at radius 1 is 1.12 bits per heavy atom. The van der Waals surface area contributed by atoms with Crippen LogP contribution in [0.2, 0.25) is 0 Å². The molecule has 5 rings (SSSR count). The van der Waals surface area contributed by atoms with Crippen LogP contribution in [0.15, 0.2) is 42.5 Å². The van der Waals surface area contributed by atoms with Crippen LogP contribution in [0.4, 0.5) is 5.95 Å². The third-order valence-electron chi connectivity index (χ3n) is 6.71. The van der Waals surface area contributed by atoms with Crippen molar-refractivity contribution >= 4 is 22.9 Å². The molecule has 0 spiro atoms. The minimum atomic E-state index is 0.0792. The number of imidazole rings is 1. The van der Waals surface area contributed by atoms with E-state index in [4.69, 9.17) is 14.5 Å². The molecule has 0 saturated carbocycles. The Morgan fingerprint density at radius 3 is 2.70 bits per heavy atom. The quantitative estimate of drug-likeness (QED) is 0.596. The highest BCUT2D eigenvalue weighted by Gasteiger charge is 2.26. The normalized spacial score (nSPS) is 19.2. The van der Waals surface area contributed by atoms with Gasteiger partial charge < -0.3 is 23.8 Å². The summed E-state index contributed by atoms with van der Waals surface area (Å²) in [5.41, 5.74) is 3.82. The van der Waals surface area contributed by atoms with Gasteiger partial charge in [0.25, 0.3) is 5.91 Å². The van der Waals surface area contributed by atoms with Crippen molar-refractivity contribution in [1.82, 2.24) is 14.5 Å². The van der Waals surface area contributed by atoms with Crippen LogP contribution < -0.4 is 9.64 Å². The molecule has 1 unspecified atom stereocenters. The average molecular weight is 449 g/mol. The fourth-order valence-corrected chi connectivity index (χ4v) is 4.78. The predicted octanol–water partition coefficient (Wildman–Crippen LogP) is 3.65. The van der Waals surface area contributed by atoms with Gasteiger partial charge in [0.15, 0.2) is 0 Å². The lowest BCUT2D eigenvalue weighted by Crippen LogP contribution is -2.41. The van der Waals surface area contributed by atoms with Gasteiger partial charge in [0, 0.05) is 44.7 Å². The first kappa shape index (κ1) is 21.8. The molecule has 33 heavy (non-hydrogen) atoms. The second kappa shape index (κ2) is 9.43. The Morgan fingerprint density at radius 2 is 1.91 bits per heavy atom. The molecule has 0 aliphatic carbocycles. The number of carbonyl (C=O) groups excluding carboxylic acids is 1. The number of piperidine rings is 1. The van der Waals surface area contributed by atoms with Gasteiger partial charge in [-0.15, -0.1) is 0 Å². The van der Waals surface area contributed by atoms with Gasteiger partial charge in [-0.2, -0.15) is 0 Å². The largest absolute Gasteiger partial charge is 0.493 e. The van der Waals surface area contributed by atoms with Gasteiger partial charge in [-0.1, -0.05) is 17.7 Å². The number of aryl methyl sites for hydroxylation is 2. The number of hydrogen-bond acceptors (Lipinski definition) is 5. The molecular formula is C26H32N4O3. The highest BCUT2D eigenvalue weighted by Crippen LogP contribution is 2.25. The summed E-state index contributed by atoms with van der Waals surface area (Å²) in [4.78, 5) is 22.4. The van der Waals surface area contributed by atoms with Crippen molar-refractivity contribution in [3.63, 3.8) is 0 Å². The van der Waals surface area contributed by atoms with E-state index in [-0.39, 0.29) is 5.91 Å². The standard InChI is InChI=1S/C26H32N4O3/c1-19-5-8-22(9-6-19)33-18-20-4-3-11-30(17-20)25(31)21-7-10-24-23(16-21)27-26(28(24)2)29-12-14-32-15-13-29/h5-10,16,20H,3-4,11-15,17-18H2,1-2H3. The molecule has 7 heteroatoms. The Bertz CT molecular complexity index is 1120. The zero-order valence-electron chi connectivity index (χ0n) is 19.5. The van der Waals surface area contributed by atoms with Crippen LogP contribution in [0, 0.1) is 12.8 Å². The first-order valence-corrected chi connectivity index (χ1v) is 11.9. The fourth-order valence-electron chi connectivity index (χ4n) is 4.78. The van der Waals surface area contributed by atoms with E-state index in [2.05, 4.69) is 28.5 Å². The lowest BCUT2D eigenvalue weighted by molar-refractivity contribution is 0.0633. The SMILES string of the molecule is Cc1ccc(OCC2CCCN(C(=O)c3ccc4c(c3)nc(N3CCOCC3)n4C)C2)cc1. The van der Waals surface area contributed by atoms with Crippen molar-refractivity contribution in [3.8, 4) is 5.75 Å². The predicted molar refractivity (Wildman–Crippen MR) is 129 cm³/mol. The van der Waals surface area contributed by atoms with E-state index in [1.165, 1.54) is 5.56 Å². The van der Waals surface area contributed by atoms with Crippen molar-refractivity contribution < 1.29 is 14.3 Å². The molecule has 0 N–H and O–H groups in total. The van der Waals surface area contributed by atoms with E-state index < -0.39 is 0 Å². The summed E-state index contributed by atoms with van der Waals surface area (Å²) in [5.74, 6) is 2.25. The number of ether oxygens (including phenoxy) is 2. The summed E-state index contributed by atoms with van der Waals surface area (Å²) in [6.45, 7) is 7.33. The molecule has 1 aromatic heterocycles. The van der Waals surface area contributed by atoms with Crippen LogP contribution in [-0.2, 0) is 11.8 Å². The molecule has 0 bridgehead atoms. The minimum Gasteiger partial charge on any atom is -0.493 e. The first-order valence-electron chi connectivity index (χ1n) is 11.9. The van der Waals surface area contributed by atoms with Gasteiger partial charge >= 0.3 is 0 Å². The number of aromatic nitrogens is 2. The number of anilines is 1. The Labute approximate surface area is 194 Å². The van der Waals surface area contributed by atoms with Crippen molar-refractivity contribution in [3.05, 3.63) is 53.6 Å². The Kier molecular flexibility index (Phi) is 6.22. The number of likely N-dealkylation sites (tertiary alicyclic amines) is 1. The molecule has 1 amide bonds. The van der Waals surface area contributed by atoms with E-state index in [0.717, 1.165) is 75.0 Å². The van der Waals surface area contributed by atoms with Crippen LogP contribution in [0.1, 0.15) is 28.8 Å². The topological polar surface area (TPSA) is 59.8 Å². The van der Waals surface area contributed by atoms with Crippen LogP contribution in [0.3, 0.4) is 0 Å². The number of morpholine rings is 1. The second-order valence-corrected chi connectivity index (χ2v) is 9.16. The lowest BCUT2D eigenvalue weighted by Gasteiger charge is -2.32. The third kappa shape index (κ3) is 4.69. The molecule has 7 nitrogen and oxygen atoms in total. The van der Waals surface area contributed by atoms with Gasteiger partial charge in [0.05, 0.1) is 30.9 Å². The zero-order chi connectivity index (χ0) is 22.8.